The Morgan fingerprint density at radius 2 is 2.00 bits per heavy atom. The molecule has 1 aliphatic heterocycles. The third kappa shape index (κ3) is 6.47. The van der Waals surface area contributed by atoms with Gasteiger partial charge < -0.3 is 10.6 Å². The number of rotatable bonds is 6. The first kappa shape index (κ1) is 18.2. The van der Waals surface area contributed by atoms with Crippen molar-refractivity contribution in [1.29, 1.82) is 0 Å². The molecule has 1 fully saturated rings. The second-order valence-electron chi connectivity index (χ2n) is 5.86. The lowest BCUT2D eigenvalue weighted by Gasteiger charge is -2.33. The lowest BCUT2D eigenvalue weighted by molar-refractivity contribution is 0.198. The van der Waals surface area contributed by atoms with Crippen LogP contribution >= 0.6 is 15.9 Å². The number of nitrogens with one attached hydrogen (secondary N) is 2. The van der Waals surface area contributed by atoms with Crippen LogP contribution in [0.1, 0.15) is 24.8 Å². The number of hydrogen-bond acceptors (Lipinski definition) is 2. The van der Waals surface area contributed by atoms with Crippen LogP contribution in [0.3, 0.4) is 0 Å². The first-order chi connectivity index (χ1) is 11.2. The SMILES string of the molecule is CN=C(NCCCF)NC1CCN(Cc2ccc(Br)cc2)CC1. The van der Waals surface area contributed by atoms with E-state index in [9.17, 15) is 4.39 Å². The second kappa shape index (κ2) is 9.88. The number of guanidine groups is 1. The van der Waals surface area contributed by atoms with E-state index >= 15 is 0 Å². The molecule has 2 rings (SSSR count). The number of aliphatic imine (C=N–C) groups is 1. The largest absolute Gasteiger partial charge is 0.356 e. The van der Waals surface area contributed by atoms with E-state index < -0.39 is 0 Å². The zero-order valence-corrected chi connectivity index (χ0v) is 15.3. The van der Waals surface area contributed by atoms with Crippen molar-refractivity contribution >= 4 is 21.9 Å². The zero-order chi connectivity index (χ0) is 16.5. The van der Waals surface area contributed by atoms with Crippen molar-refractivity contribution in [1.82, 2.24) is 15.5 Å². The van der Waals surface area contributed by atoms with Gasteiger partial charge in [-0.15, -0.1) is 0 Å². The minimum Gasteiger partial charge on any atom is -0.356 e. The summed E-state index contributed by atoms with van der Waals surface area (Å²) >= 11 is 3.47. The summed E-state index contributed by atoms with van der Waals surface area (Å²) in [6.07, 6.45) is 2.72. The van der Waals surface area contributed by atoms with Crippen LogP contribution in [0, 0.1) is 0 Å². The van der Waals surface area contributed by atoms with Crippen LogP contribution in [0.4, 0.5) is 4.39 Å². The predicted molar refractivity (Wildman–Crippen MR) is 97.5 cm³/mol. The van der Waals surface area contributed by atoms with E-state index in [0.717, 1.165) is 42.9 Å². The van der Waals surface area contributed by atoms with E-state index in [4.69, 9.17) is 0 Å². The van der Waals surface area contributed by atoms with E-state index in [-0.39, 0.29) is 6.67 Å². The number of halogens is 2. The molecule has 0 spiro atoms. The Hall–Kier alpha value is -1.14. The highest BCUT2D eigenvalue weighted by Gasteiger charge is 2.19. The van der Waals surface area contributed by atoms with Gasteiger partial charge in [-0.2, -0.15) is 0 Å². The molecule has 0 aromatic heterocycles. The van der Waals surface area contributed by atoms with Crippen molar-refractivity contribution in [2.24, 2.45) is 4.99 Å². The van der Waals surface area contributed by atoms with Crippen LogP contribution < -0.4 is 10.6 Å². The van der Waals surface area contributed by atoms with Crippen molar-refractivity contribution in [3.8, 4) is 0 Å². The Morgan fingerprint density at radius 3 is 2.61 bits per heavy atom. The minimum absolute atomic E-state index is 0.293. The maximum atomic E-state index is 12.1. The van der Waals surface area contributed by atoms with Gasteiger partial charge in [0.05, 0.1) is 6.67 Å². The van der Waals surface area contributed by atoms with Crippen LogP contribution in [0.15, 0.2) is 33.7 Å². The van der Waals surface area contributed by atoms with Crippen molar-refractivity contribution in [2.45, 2.75) is 31.8 Å². The van der Waals surface area contributed by atoms with Gasteiger partial charge in [0.25, 0.3) is 0 Å². The van der Waals surface area contributed by atoms with Gasteiger partial charge in [-0.1, -0.05) is 28.1 Å². The minimum atomic E-state index is -0.293. The number of hydrogen-bond donors (Lipinski definition) is 2. The van der Waals surface area contributed by atoms with Gasteiger partial charge in [0, 0.05) is 43.7 Å². The Morgan fingerprint density at radius 1 is 1.30 bits per heavy atom. The summed E-state index contributed by atoms with van der Waals surface area (Å²) in [5, 5.41) is 6.59. The standard InChI is InChI=1S/C17H26BrFN4/c1-20-17(21-10-2-9-19)22-16-7-11-23(12-8-16)13-14-3-5-15(18)6-4-14/h3-6,16H,2,7-13H2,1H3,(H2,20,21,22). The lowest BCUT2D eigenvalue weighted by atomic mass is 10.0. The van der Waals surface area contributed by atoms with E-state index in [1.807, 2.05) is 0 Å². The molecular weight excluding hydrogens is 359 g/mol. The maximum Gasteiger partial charge on any atom is 0.191 e. The summed E-state index contributed by atoms with van der Waals surface area (Å²) in [5.74, 6) is 0.782. The maximum absolute atomic E-state index is 12.1. The molecule has 0 radical (unpaired) electrons. The van der Waals surface area contributed by atoms with Gasteiger partial charge in [-0.25, -0.2) is 0 Å². The summed E-state index contributed by atoms with van der Waals surface area (Å²) in [6, 6.07) is 8.97. The predicted octanol–water partition coefficient (Wildman–Crippen LogP) is 2.94. The topological polar surface area (TPSA) is 39.7 Å². The Kier molecular flexibility index (Phi) is 7.82. The molecule has 6 heteroatoms. The fraction of sp³-hybridized carbons (Fsp3) is 0.588. The summed E-state index contributed by atoms with van der Waals surface area (Å²) in [5.41, 5.74) is 1.35. The Bertz CT molecular complexity index is 484. The molecule has 0 bridgehead atoms. The molecule has 0 unspecified atom stereocenters. The average Bonchev–Trinajstić information content (AvgIpc) is 2.58. The van der Waals surface area contributed by atoms with E-state index in [2.05, 4.69) is 60.7 Å². The smallest absolute Gasteiger partial charge is 0.191 e. The van der Waals surface area contributed by atoms with Crippen LogP contribution in [-0.2, 0) is 6.54 Å². The molecule has 1 saturated heterocycles. The van der Waals surface area contributed by atoms with E-state index in [1.165, 1.54) is 5.56 Å². The molecule has 23 heavy (non-hydrogen) atoms. The number of alkyl halides is 1. The molecule has 128 valence electrons. The van der Waals surface area contributed by atoms with Crippen molar-refractivity contribution in [2.75, 3.05) is 33.4 Å². The molecule has 1 aliphatic rings. The quantitative estimate of drug-likeness (QED) is 0.450. The number of piperidine rings is 1. The van der Waals surface area contributed by atoms with E-state index in [1.54, 1.807) is 7.05 Å². The average molecular weight is 385 g/mol. The van der Waals surface area contributed by atoms with Crippen LogP contribution in [0.25, 0.3) is 0 Å². The molecule has 1 aromatic carbocycles. The van der Waals surface area contributed by atoms with Crippen LogP contribution in [0.5, 0.6) is 0 Å². The van der Waals surface area contributed by atoms with E-state index in [0.29, 0.717) is 19.0 Å². The van der Waals surface area contributed by atoms with Gasteiger partial charge in [0.2, 0.25) is 0 Å². The molecular formula is C17H26BrFN4. The molecule has 2 N–H and O–H groups in total. The molecule has 1 heterocycles. The summed E-state index contributed by atoms with van der Waals surface area (Å²) in [6.45, 7) is 3.49. The Labute approximate surface area is 146 Å². The first-order valence-corrected chi connectivity index (χ1v) is 9.00. The molecule has 0 saturated carbocycles. The van der Waals surface area contributed by atoms with Gasteiger partial charge in [0.15, 0.2) is 5.96 Å². The number of benzene rings is 1. The fourth-order valence-corrected chi connectivity index (χ4v) is 3.01. The van der Waals surface area contributed by atoms with Gasteiger partial charge in [-0.3, -0.25) is 14.3 Å². The summed E-state index contributed by atoms with van der Waals surface area (Å²) < 4.78 is 13.3. The third-order valence-corrected chi connectivity index (χ3v) is 4.60. The first-order valence-electron chi connectivity index (χ1n) is 8.21. The molecule has 0 aliphatic carbocycles. The molecule has 4 nitrogen and oxygen atoms in total. The third-order valence-electron chi connectivity index (χ3n) is 4.07. The van der Waals surface area contributed by atoms with Crippen LogP contribution in [-0.4, -0.2) is 50.3 Å². The highest BCUT2D eigenvalue weighted by Crippen LogP contribution is 2.16. The highest BCUT2D eigenvalue weighted by atomic mass is 79.9. The Balaban J connectivity index is 1.71. The molecule has 0 amide bonds. The fourth-order valence-electron chi connectivity index (χ4n) is 2.75. The van der Waals surface area contributed by atoms with Crippen molar-refractivity contribution < 1.29 is 4.39 Å². The van der Waals surface area contributed by atoms with Gasteiger partial charge in [0.1, 0.15) is 0 Å². The number of nitrogens with zero attached hydrogens (tertiary/aromatic N) is 2. The molecule has 1 aromatic rings. The van der Waals surface area contributed by atoms with Gasteiger partial charge >= 0.3 is 0 Å². The summed E-state index contributed by atoms with van der Waals surface area (Å²) in [4.78, 5) is 6.69. The van der Waals surface area contributed by atoms with Crippen molar-refractivity contribution in [3.63, 3.8) is 0 Å². The van der Waals surface area contributed by atoms with Gasteiger partial charge in [-0.05, 0) is 37.0 Å². The van der Waals surface area contributed by atoms with Crippen LogP contribution in [0.2, 0.25) is 0 Å². The lowest BCUT2D eigenvalue weighted by Crippen LogP contribution is -2.48. The monoisotopic (exact) mass is 384 g/mol. The second-order valence-corrected chi connectivity index (χ2v) is 6.78. The number of likely N-dealkylation sites (tertiary alicyclic amines) is 1. The molecule has 0 atom stereocenters. The normalized spacial score (nSPS) is 17.3. The highest BCUT2D eigenvalue weighted by molar-refractivity contribution is 9.10. The zero-order valence-electron chi connectivity index (χ0n) is 13.7. The summed E-state index contributed by atoms with van der Waals surface area (Å²) in [7, 11) is 1.76. The van der Waals surface area contributed by atoms with Crippen molar-refractivity contribution in [3.05, 3.63) is 34.3 Å².